The normalized spacial score (nSPS) is 13.6. The Morgan fingerprint density at radius 1 is 1.00 bits per heavy atom. The first-order valence-electron chi connectivity index (χ1n) is 12.6. The van der Waals surface area contributed by atoms with E-state index in [9.17, 15) is 23.9 Å². The van der Waals surface area contributed by atoms with Crippen molar-refractivity contribution in [1.29, 1.82) is 0 Å². The number of nitrogens with one attached hydrogen (secondary N) is 2. The third-order valence-electron chi connectivity index (χ3n) is 6.44. The van der Waals surface area contributed by atoms with E-state index in [1.165, 1.54) is 12.1 Å². The second-order valence-electron chi connectivity index (χ2n) is 9.70. The Morgan fingerprint density at radius 2 is 1.74 bits per heavy atom. The molecule has 0 saturated heterocycles. The maximum atomic E-state index is 13.9. The molecule has 0 fully saturated rings. The first-order chi connectivity index (χ1) is 18.6. The van der Waals surface area contributed by atoms with Gasteiger partial charge in [0.2, 0.25) is 5.91 Å². The number of aliphatic carboxylic acids is 1. The standard InChI is InChI=1S/C30H31FN4O4/c1-34(2)15-5-8-26(36)35(3)23-12-10-22(11-13-23)32-29(20-7-4-6-19(16-20)17-27(37)38)28-24-14-9-21(31)18-25(24)33-30(28)39/h4,6-7,9-14,16,18,32H,5,8,15,17H2,1-3H3,(H,33,39)(H,37,38)/b29-28-. The molecule has 1 aliphatic rings. The van der Waals surface area contributed by atoms with Gasteiger partial charge in [-0.25, -0.2) is 4.39 Å². The average molecular weight is 531 g/mol. The van der Waals surface area contributed by atoms with Gasteiger partial charge in [-0.05, 0) is 86.7 Å². The molecule has 0 aliphatic carbocycles. The van der Waals surface area contributed by atoms with Gasteiger partial charge in [0, 0.05) is 30.4 Å². The lowest BCUT2D eigenvalue weighted by atomic mass is 9.98. The molecular formula is C30H31FN4O4. The van der Waals surface area contributed by atoms with Crippen molar-refractivity contribution >= 4 is 46.1 Å². The zero-order valence-corrected chi connectivity index (χ0v) is 22.1. The number of hydrogen-bond acceptors (Lipinski definition) is 5. The van der Waals surface area contributed by atoms with Crippen LogP contribution in [0.4, 0.5) is 21.5 Å². The number of amides is 2. The number of rotatable bonds is 10. The molecule has 0 saturated carbocycles. The summed E-state index contributed by atoms with van der Waals surface area (Å²) in [5, 5.41) is 15.3. The molecule has 4 rings (SSSR count). The van der Waals surface area contributed by atoms with Crippen LogP contribution < -0.4 is 15.5 Å². The minimum atomic E-state index is -0.968. The van der Waals surface area contributed by atoms with Crippen molar-refractivity contribution in [1.82, 2.24) is 4.90 Å². The van der Waals surface area contributed by atoms with E-state index in [0.29, 0.717) is 45.8 Å². The highest BCUT2D eigenvalue weighted by atomic mass is 19.1. The summed E-state index contributed by atoms with van der Waals surface area (Å²) in [6, 6.07) is 18.3. The number of fused-ring (bicyclic) bond motifs is 1. The number of carbonyl (C=O) groups is 3. The molecule has 202 valence electrons. The molecule has 0 spiro atoms. The lowest BCUT2D eigenvalue weighted by molar-refractivity contribution is -0.136. The van der Waals surface area contributed by atoms with Crippen LogP contribution in [0.15, 0.2) is 66.7 Å². The number of benzene rings is 3. The molecule has 39 heavy (non-hydrogen) atoms. The number of carbonyl (C=O) groups excluding carboxylic acids is 2. The van der Waals surface area contributed by atoms with Gasteiger partial charge in [-0.15, -0.1) is 0 Å². The summed E-state index contributed by atoms with van der Waals surface area (Å²) in [6.07, 6.45) is 1.03. The van der Waals surface area contributed by atoms with Gasteiger partial charge >= 0.3 is 5.97 Å². The number of anilines is 3. The van der Waals surface area contributed by atoms with Crippen molar-refractivity contribution in [2.45, 2.75) is 19.3 Å². The fourth-order valence-electron chi connectivity index (χ4n) is 4.45. The number of carboxylic acid groups (broad SMARTS) is 1. The first kappa shape index (κ1) is 27.5. The predicted octanol–water partition coefficient (Wildman–Crippen LogP) is 4.69. The van der Waals surface area contributed by atoms with Crippen molar-refractivity contribution in [2.75, 3.05) is 43.2 Å². The van der Waals surface area contributed by atoms with Crippen molar-refractivity contribution < 1.29 is 23.9 Å². The highest BCUT2D eigenvalue weighted by Crippen LogP contribution is 2.38. The Kier molecular flexibility index (Phi) is 8.41. The summed E-state index contributed by atoms with van der Waals surface area (Å²) in [5.41, 5.74) is 4.22. The first-order valence-corrected chi connectivity index (χ1v) is 12.6. The Bertz CT molecular complexity index is 1430. The Balaban J connectivity index is 1.67. The zero-order chi connectivity index (χ0) is 28.1. The van der Waals surface area contributed by atoms with Crippen LogP contribution >= 0.6 is 0 Å². The summed E-state index contributed by atoms with van der Waals surface area (Å²) >= 11 is 0. The van der Waals surface area contributed by atoms with Crippen LogP contribution in [0.25, 0.3) is 11.3 Å². The van der Waals surface area contributed by atoms with Crippen LogP contribution in [0.2, 0.25) is 0 Å². The number of halogens is 1. The molecule has 0 atom stereocenters. The largest absolute Gasteiger partial charge is 0.481 e. The van der Waals surface area contributed by atoms with Crippen molar-refractivity contribution in [3.8, 4) is 0 Å². The third kappa shape index (κ3) is 6.69. The Labute approximate surface area is 226 Å². The minimum Gasteiger partial charge on any atom is -0.481 e. The molecule has 0 bridgehead atoms. The molecule has 0 radical (unpaired) electrons. The topological polar surface area (TPSA) is 102 Å². The van der Waals surface area contributed by atoms with E-state index in [1.807, 2.05) is 31.1 Å². The molecule has 3 N–H and O–H groups in total. The van der Waals surface area contributed by atoms with Crippen molar-refractivity contribution in [3.05, 3.63) is 89.2 Å². The van der Waals surface area contributed by atoms with E-state index in [0.717, 1.165) is 18.7 Å². The van der Waals surface area contributed by atoms with Gasteiger partial charge in [-0.1, -0.05) is 18.2 Å². The van der Waals surface area contributed by atoms with E-state index in [-0.39, 0.29) is 12.3 Å². The summed E-state index contributed by atoms with van der Waals surface area (Å²) < 4.78 is 13.9. The van der Waals surface area contributed by atoms with E-state index in [1.54, 1.807) is 54.4 Å². The van der Waals surface area contributed by atoms with Crippen molar-refractivity contribution in [3.63, 3.8) is 0 Å². The summed E-state index contributed by atoms with van der Waals surface area (Å²) in [4.78, 5) is 40.7. The van der Waals surface area contributed by atoms with Crippen LogP contribution in [0.5, 0.6) is 0 Å². The molecule has 9 heteroatoms. The molecule has 3 aromatic rings. The fraction of sp³-hybridized carbons (Fsp3) is 0.233. The van der Waals surface area contributed by atoms with Gasteiger partial charge in [0.15, 0.2) is 0 Å². The molecule has 0 aromatic heterocycles. The molecule has 8 nitrogen and oxygen atoms in total. The van der Waals surface area contributed by atoms with Gasteiger partial charge in [0.1, 0.15) is 5.82 Å². The SMILES string of the molecule is CN(C)CCCC(=O)N(C)c1ccc(N/C(=C2\C(=O)Nc3cc(F)ccc32)c2cccc(CC(=O)O)c2)cc1. The lowest BCUT2D eigenvalue weighted by Crippen LogP contribution is -2.27. The van der Waals surface area contributed by atoms with Crippen LogP contribution in [-0.2, 0) is 20.8 Å². The highest BCUT2D eigenvalue weighted by molar-refractivity contribution is 6.37. The Morgan fingerprint density at radius 3 is 2.44 bits per heavy atom. The van der Waals surface area contributed by atoms with E-state index >= 15 is 0 Å². The summed E-state index contributed by atoms with van der Waals surface area (Å²) in [5.74, 6) is -1.82. The molecule has 1 heterocycles. The molecule has 1 aliphatic heterocycles. The fourth-order valence-corrected chi connectivity index (χ4v) is 4.45. The van der Waals surface area contributed by atoms with Crippen molar-refractivity contribution in [2.24, 2.45) is 0 Å². The lowest BCUT2D eigenvalue weighted by Gasteiger charge is -2.19. The van der Waals surface area contributed by atoms with E-state index < -0.39 is 17.7 Å². The second-order valence-corrected chi connectivity index (χ2v) is 9.70. The minimum absolute atomic E-state index is 0.0158. The molecule has 3 aromatic carbocycles. The zero-order valence-electron chi connectivity index (χ0n) is 22.1. The van der Waals surface area contributed by atoms with E-state index in [2.05, 4.69) is 10.6 Å². The summed E-state index contributed by atoms with van der Waals surface area (Å²) in [7, 11) is 5.68. The average Bonchev–Trinajstić information content (AvgIpc) is 3.21. The monoisotopic (exact) mass is 530 g/mol. The smallest absolute Gasteiger partial charge is 0.307 e. The quantitative estimate of drug-likeness (QED) is 0.329. The van der Waals surface area contributed by atoms with E-state index in [4.69, 9.17) is 0 Å². The molecular weight excluding hydrogens is 499 g/mol. The third-order valence-corrected chi connectivity index (χ3v) is 6.44. The van der Waals surface area contributed by atoms with Crippen LogP contribution in [-0.4, -0.2) is 55.5 Å². The van der Waals surface area contributed by atoms with Crippen LogP contribution in [0, 0.1) is 5.82 Å². The molecule has 0 unspecified atom stereocenters. The Hall–Kier alpha value is -4.50. The number of carboxylic acids is 1. The molecule has 2 amide bonds. The summed E-state index contributed by atoms with van der Waals surface area (Å²) in [6.45, 7) is 0.830. The van der Waals surface area contributed by atoms with Gasteiger partial charge in [0.25, 0.3) is 5.91 Å². The van der Waals surface area contributed by atoms with Crippen LogP contribution in [0.3, 0.4) is 0 Å². The van der Waals surface area contributed by atoms with Gasteiger partial charge < -0.3 is 25.5 Å². The number of hydrogen-bond donors (Lipinski definition) is 3. The maximum Gasteiger partial charge on any atom is 0.307 e. The predicted molar refractivity (Wildman–Crippen MR) is 151 cm³/mol. The number of nitrogens with zero attached hydrogens (tertiary/aromatic N) is 2. The van der Waals surface area contributed by atoms with Gasteiger partial charge in [0.05, 0.1) is 23.4 Å². The van der Waals surface area contributed by atoms with Crippen LogP contribution in [0.1, 0.15) is 29.5 Å². The second kappa shape index (κ2) is 11.9. The van der Waals surface area contributed by atoms with Gasteiger partial charge in [-0.2, -0.15) is 0 Å². The maximum absolute atomic E-state index is 13.9. The highest BCUT2D eigenvalue weighted by Gasteiger charge is 2.29. The van der Waals surface area contributed by atoms with Gasteiger partial charge in [-0.3, -0.25) is 14.4 Å².